The molecule has 2 aromatic rings. The monoisotopic (exact) mass is 297 g/mol. The van der Waals surface area contributed by atoms with Crippen LogP contribution in [-0.4, -0.2) is 13.4 Å². The Morgan fingerprint density at radius 2 is 2.11 bits per heavy atom. The van der Waals surface area contributed by atoms with E-state index in [0.29, 0.717) is 5.56 Å². The summed E-state index contributed by atoms with van der Waals surface area (Å²) in [7, 11) is -3.56. The average Bonchev–Trinajstić information content (AvgIpc) is 2.82. The molecule has 0 saturated heterocycles. The normalized spacial score (nSPS) is 11.7. The summed E-state index contributed by atoms with van der Waals surface area (Å²) in [5.41, 5.74) is 7.05. The summed E-state index contributed by atoms with van der Waals surface area (Å²) < 4.78 is 26.9. The highest BCUT2D eigenvalue weighted by Gasteiger charge is 2.17. The summed E-state index contributed by atoms with van der Waals surface area (Å²) in [6, 6.07) is 6.71. The Morgan fingerprint density at radius 3 is 2.74 bits per heavy atom. The highest BCUT2D eigenvalue weighted by atomic mass is 32.2. The van der Waals surface area contributed by atoms with Gasteiger partial charge in [0, 0.05) is 17.6 Å². The fourth-order valence-corrected chi connectivity index (χ4v) is 3.69. The number of nitrogens with one attached hydrogen (secondary N) is 1. The van der Waals surface area contributed by atoms with E-state index >= 15 is 0 Å². The molecule has 0 bridgehead atoms. The van der Waals surface area contributed by atoms with Gasteiger partial charge in [-0.1, -0.05) is 18.2 Å². The first-order valence-electron chi connectivity index (χ1n) is 5.71. The number of hydrogen-bond donors (Lipinski definition) is 2. The maximum atomic E-state index is 12.2. The summed E-state index contributed by atoms with van der Waals surface area (Å²) >= 11 is 1.43. The largest absolute Gasteiger partial charge is 0.326 e. The Hall–Kier alpha value is -1.28. The quantitative estimate of drug-likeness (QED) is 0.873. The molecule has 19 heavy (non-hydrogen) atoms. The lowest BCUT2D eigenvalue weighted by atomic mass is 10.2. The van der Waals surface area contributed by atoms with Crippen LogP contribution in [0.5, 0.6) is 0 Å². The molecule has 0 unspecified atom stereocenters. The van der Waals surface area contributed by atoms with Crippen molar-refractivity contribution in [1.82, 2.24) is 9.71 Å². The van der Waals surface area contributed by atoms with Gasteiger partial charge in [-0.25, -0.2) is 18.1 Å². The zero-order valence-corrected chi connectivity index (χ0v) is 12.1. The number of rotatable bonds is 5. The zero-order valence-electron chi connectivity index (χ0n) is 10.5. The third kappa shape index (κ3) is 3.38. The first kappa shape index (κ1) is 14.1. The van der Waals surface area contributed by atoms with E-state index in [9.17, 15) is 8.42 Å². The van der Waals surface area contributed by atoms with Crippen molar-refractivity contribution < 1.29 is 8.42 Å². The van der Waals surface area contributed by atoms with Crippen molar-refractivity contribution in [2.24, 2.45) is 5.73 Å². The lowest BCUT2D eigenvalue weighted by molar-refractivity contribution is 0.580. The number of nitrogens with zero attached hydrogens (tertiary/aromatic N) is 1. The Balaban J connectivity index is 2.18. The van der Waals surface area contributed by atoms with Crippen molar-refractivity contribution >= 4 is 21.4 Å². The van der Waals surface area contributed by atoms with E-state index in [1.165, 1.54) is 11.3 Å². The lowest BCUT2D eigenvalue weighted by Crippen LogP contribution is -2.24. The molecular formula is C12H15N3O2S2. The van der Waals surface area contributed by atoms with Crippen LogP contribution < -0.4 is 10.5 Å². The van der Waals surface area contributed by atoms with Crippen LogP contribution in [0.25, 0.3) is 0 Å². The van der Waals surface area contributed by atoms with Gasteiger partial charge in [0.05, 0.1) is 11.4 Å². The summed E-state index contributed by atoms with van der Waals surface area (Å²) in [5.74, 6) is 0. The first-order valence-corrected chi connectivity index (χ1v) is 8.08. The van der Waals surface area contributed by atoms with Crippen molar-refractivity contribution in [3.05, 3.63) is 45.9 Å². The number of benzene rings is 1. The van der Waals surface area contributed by atoms with Crippen LogP contribution >= 0.6 is 11.3 Å². The molecule has 0 aliphatic rings. The fourth-order valence-electron chi connectivity index (χ4n) is 1.65. The topological polar surface area (TPSA) is 85.1 Å². The molecule has 1 aromatic heterocycles. The standard InChI is InChI=1S/C12H15N3O2S2/c1-9-8-18-12(15-9)7-14-19(16,17)11-5-3-2-4-10(11)6-13/h2-5,8,14H,6-7,13H2,1H3. The van der Waals surface area contributed by atoms with Gasteiger partial charge in [0.1, 0.15) is 5.01 Å². The molecule has 2 rings (SSSR count). The second-order valence-electron chi connectivity index (χ2n) is 4.02. The van der Waals surface area contributed by atoms with Gasteiger partial charge < -0.3 is 5.73 Å². The summed E-state index contributed by atoms with van der Waals surface area (Å²) in [6.45, 7) is 2.26. The molecule has 0 radical (unpaired) electrons. The number of nitrogens with two attached hydrogens (primary N) is 1. The van der Waals surface area contributed by atoms with E-state index < -0.39 is 10.0 Å². The third-order valence-electron chi connectivity index (χ3n) is 2.56. The number of hydrogen-bond acceptors (Lipinski definition) is 5. The molecule has 0 saturated carbocycles. The van der Waals surface area contributed by atoms with Gasteiger partial charge in [0.15, 0.2) is 0 Å². The van der Waals surface area contributed by atoms with E-state index in [1.54, 1.807) is 24.3 Å². The van der Waals surface area contributed by atoms with Crippen LogP contribution in [0.1, 0.15) is 16.3 Å². The first-order chi connectivity index (χ1) is 9.03. The molecule has 0 spiro atoms. The number of aromatic nitrogens is 1. The number of aryl methyl sites for hydroxylation is 1. The lowest BCUT2D eigenvalue weighted by Gasteiger charge is -2.09. The van der Waals surface area contributed by atoms with Crippen molar-refractivity contribution in [3.63, 3.8) is 0 Å². The van der Waals surface area contributed by atoms with E-state index in [2.05, 4.69) is 9.71 Å². The Kier molecular flexibility index (Phi) is 4.31. The maximum absolute atomic E-state index is 12.2. The molecule has 3 N–H and O–H groups in total. The van der Waals surface area contributed by atoms with Gasteiger partial charge in [0.25, 0.3) is 0 Å². The SMILES string of the molecule is Cc1csc(CNS(=O)(=O)c2ccccc2CN)n1. The minimum Gasteiger partial charge on any atom is -0.326 e. The number of sulfonamides is 1. The molecule has 0 fully saturated rings. The third-order valence-corrected chi connectivity index (χ3v) is 5.03. The molecule has 1 heterocycles. The molecule has 1 aromatic carbocycles. The highest BCUT2D eigenvalue weighted by Crippen LogP contribution is 2.16. The predicted octanol–water partition coefficient (Wildman–Crippen LogP) is 1.39. The summed E-state index contributed by atoms with van der Waals surface area (Å²) in [4.78, 5) is 4.44. The maximum Gasteiger partial charge on any atom is 0.241 e. The average molecular weight is 297 g/mol. The molecule has 7 heteroatoms. The molecular weight excluding hydrogens is 282 g/mol. The van der Waals surface area contributed by atoms with Gasteiger partial charge in [0.2, 0.25) is 10.0 Å². The minimum atomic E-state index is -3.56. The summed E-state index contributed by atoms with van der Waals surface area (Å²) in [5, 5.41) is 2.63. The van der Waals surface area contributed by atoms with Crippen LogP contribution in [-0.2, 0) is 23.1 Å². The number of thiazole rings is 1. The van der Waals surface area contributed by atoms with Crippen LogP contribution in [0.3, 0.4) is 0 Å². The predicted molar refractivity (Wildman–Crippen MR) is 75.2 cm³/mol. The molecule has 0 aliphatic heterocycles. The molecule has 0 aliphatic carbocycles. The Morgan fingerprint density at radius 1 is 1.37 bits per heavy atom. The van der Waals surface area contributed by atoms with E-state index in [1.807, 2.05) is 12.3 Å². The zero-order chi connectivity index (χ0) is 13.9. The minimum absolute atomic E-state index is 0.188. The molecule has 0 amide bonds. The Labute approximate surface area is 116 Å². The van der Waals surface area contributed by atoms with Crippen LogP contribution in [0.4, 0.5) is 0 Å². The van der Waals surface area contributed by atoms with Crippen LogP contribution in [0.2, 0.25) is 0 Å². The van der Waals surface area contributed by atoms with Crippen LogP contribution in [0.15, 0.2) is 34.5 Å². The smallest absolute Gasteiger partial charge is 0.241 e. The second kappa shape index (κ2) is 5.79. The summed E-state index contributed by atoms with van der Waals surface area (Å²) in [6.07, 6.45) is 0. The van der Waals surface area contributed by atoms with Gasteiger partial charge in [-0.2, -0.15) is 0 Å². The van der Waals surface area contributed by atoms with Crippen molar-refractivity contribution in [2.45, 2.75) is 24.9 Å². The van der Waals surface area contributed by atoms with Gasteiger partial charge in [-0.3, -0.25) is 0 Å². The highest BCUT2D eigenvalue weighted by molar-refractivity contribution is 7.89. The van der Waals surface area contributed by atoms with Crippen molar-refractivity contribution in [2.75, 3.05) is 0 Å². The second-order valence-corrected chi connectivity index (χ2v) is 6.70. The van der Waals surface area contributed by atoms with Crippen molar-refractivity contribution in [1.29, 1.82) is 0 Å². The van der Waals surface area contributed by atoms with Gasteiger partial charge in [-0.05, 0) is 18.6 Å². The fraction of sp³-hybridized carbons (Fsp3) is 0.250. The molecule has 102 valence electrons. The van der Waals surface area contributed by atoms with Crippen molar-refractivity contribution in [3.8, 4) is 0 Å². The van der Waals surface area contributed by atoms with E-state index in [0.717, 1.165) is 10.7 Å². The van der Waals surface area contributed by atoms with Crippen LogP contribution in [0, 0.1) is 6.92 Å². The van der Waals surface area contributed by atoms with Gasteiger partial charge >= 0.3 is 0 Å². The molecule has 5 nitrogen and oxygen atoms in total. The van der Waals surface area contributed by atoms with E-state index in [-0.39, 0.29) is 18.0 Å². The Bertz CT molecular complexity index is 665. The van der Waals surface area contributed by atoms with E-state index in [4.69, 9.17) is 5.73 Å². The molecule has 0 atom stereocenters. The van der Waals surface area contributed by atoms with Gasteiger partial charge in [-0.15, -0.1) is 11.3 Å².